The molecule has 0 spiro atoms. The van der Waals surface area contributed by atoms with E-state index in [-0.39, 0.29) is 6.10 Å². The van der Waals surface area contributed by atoms with Crippen LogP contribution >= 0.6 is 15.9 Å². The molecule has 0 aliphatic heterocycles. The molecule has 1 aromatic heterocycles. The molecule has 0 aliphatic carbocycles. The average Bonchev–Trinajstić information content (AvgIpc) is 2.77. The number of aromatic nitrogens is 2. The quantitative estimate of drug-likeness (QED) is 0.905. The Balaban J connectivity index is 2.59. The lowest BCUT2D eigenvalue weighted by molar-refractivity contribution is 0.231. The van der Waals surface area contributed by atoms with Crippen LogP contribution < -0.4 is 15.2 Å². The number of rotatable bonds is 4. The number of nitrogen functional groups attached to an aromatic ring is 1. The maximum atomic E-state index is 5.85. The van der Waals surface area contributed by atoms with E-state index in [0.717, 1.165) is 15.7 Å². The smallest absolute Gasteiger partial charge is 0.170 e. The molecule has 0 atom stereocenters. The monoisotopic (exact) mass is 325 g/mol. The highest BCUT2D eigenvalue weighted by Crippen LogP contribution is 2.41. The van der Waals surface area contributed by atoms with E-state index in [1.165, 1.54) is 0 Å². The molecule has 0 fully saturated rings. The van der Waals surface area contributed by atoms with E-state index in [0.29, 0.717) is 17.3 Å². The number of nitrogens with two attached hydrogens (primary N) is 1. The number of H-pyrrole nitrogens is 1. The first kappa shape index (κ1) is 13.7. The first-order chi connectivity index (χ1) is 9.01. The lowest BCUT2D eigenvalue weighted by Crippen LogP contribution is -2.08. The lowest BCUT2D eigenvalue weighted by atomic mass is 10.1. The molecule has 0 amide bonds. The molecule has 2 aromatic rings. The summed E-state index contributed by atoms with van der Waals surface area (Å²) in [7, 11) is 1.61. The Hall–Kier alpha value is -1.69. The van der Waals surface area contributed by atoms with Gasteiger partial charge in [0.1, 0.15) is 5.82 Å². The van der Waals surface area contributed by atoms with E-state index in [1.54, 1.807) is 13.2 Å². The highest BCUT2D eigenvalue weighted by Gasteiger charge is 2.17. The summed E-state index contributed by atoms with van der Waals surface area (Å²) in [6, 6.07) is 5.56. The summed E-state index contributed by atoms with van der Waals surface area (Å²) < 4.78 is 12.1. The van der Waals surface area contributed by atoms with Crippen LogP contribution in [0.2, 0.25) is 0 Å². The van der Waals surface area contributed by atoms with Gasteiger partial charge in [0, 0.05) is 16.1 Å². The van der Waals surface area contributed by atoms with Gasteiger partial charge in [0.15, 0.2) is 11.5 Å². The van der Waals surface area contributed by atoms with Gasteiger partial charge in [0.2, 0.25) is 0 Å². The minimum Gasteiger partial charge on any atom is -0.493 e. The maximum Gasteiger partial charge on any atom is 0.170 e. The predicted octanol–water partition coefficient (Wildman–Crippen LogP) is 3.22. The fraction of sp³-hybridized carbons (Fsp3) is 0.308. The summed E-state index contributed by atoms with van der Waals surface area (Å²) in [5.74, 6) is 1.76. The molecule has 0 aliphatic rings. The van der Waals surface area contributed by atoms with Crippen molar-refractivity contribution in [3.8, 4) is 22.8 Å². The first-order valence-electron chi connectivity index (χ1n) is 5.86. The van der Waals surface area contributed by atoms with Gasteiger partial charge in [0.25, 0.3) is 0 Å². The summed E-state index contributed by atoms with van der Waals surface area (Å²) in [5, 5.41) is 6.82. The molecule has 0 bridgehead atoms. The number of nitrogens with zero attached hydrogens (tertiary/aromatic N) is 1. The fourth-order valence-electron chi connectivity index (χ4n) is 1.75. The van der Waals surface area contributed by atoms with Gasteiger partial charge in [-0.1, -0.05) is 15.9 Å². The molecule has 1 heterocycles. The van der Waals surface area contributed by atoms with Crippen molar-refractivity contribution >= 4 is 21.7 Å². The number of halogens is 1. The van der Waals surface area contributed by atoms with Crippen molar-refractivity contribution in [3.63, 3.8) is 0 Å². The number of ether oxygens (including phenoxy) is 2. The molecule has 19 heavy (non-hydrogen) atoms. The van der Waals surface area contributed by atoms with Gasteiger partial charge in [0.05, 0.1) is 18.9 Å². The number of aromatic amines is 1. The topological polar surface area (TPSA) is 73.2 Å². The summed E-state index contributed by atoms with van der Waals surface area (Å²) in [6.45, 7) is 3.93. The standard InChI is InChI=1S/C13H16BrN3O2/c1-7(2)19-13-9(10-6-12(15)17-16-10)4-8(14)5-11(13)18-3/h4-7H,1-3H3,(H3,15,16,17). The number of nitrogens with one attached hydrogen (secondary N) is 1. The zero-order valence-corrected chi connectivity index (χ0v) is 12.6. The van der Waals surface area contributed by atoms with Gasteiger partial charge in [-0.05, 0) is 26.0 Å². The molecule has 0 radical (unpaired) electrons. The van der Waals surface area contributed by atoms with Gasteiger partial charge in [-0.3, -0.25) is 5.10 Å². The Morgan fingerprint density at radius 2 is 2.05 bits per heavy atom. The highest BCUT2D eigenvalue weighted by atomic mass is 79.9. The molecule has 0 unspecified atom stereocenters. The lowest BCUT2D eigenvalue weighted by Gasteiger charge is -2.17. The molecule has 1 aromatic carbocycles. The molecule has 3 N–H and O–H groups in total. The number of methoxy groups -OCH3 is 1. The SMILES string of the molecule is COc1cc(Br)cc(-c2cc(N)n[nH]2)c1OC(C)C. The summed E-state index contributed by atoms with van der Waals surface area (Å²) in [4.78, 5) is 0. The number of hydrogen-bond acceptors (Lipinski definition) is 4. The number of benzene rings is 1. The molecule has 2 rings (SSSR count). The van der Waals surface area contributed by atoms with Crippen molar-refractivity contribution in [1.29, 1.82) is 0 Å². The minimum atomic E-state index is 0.0362. The van der Waals surface area contributed by atoms with Crippen LogP contribution in [0, 0.1) is 0 Å². The Morgan fingerprint density at radius 1 is 1.32 bits per heavy atom. The highest BCUT2D eigenvalue weighted by molar-refractivity contribution is 9.10. The summed E-state index contributed by atoms with van der Waals surface area (Å²) in [6.07, 6.45) is 0.0362. The summed E-state index contributed by atoms with van der Waals surface area (Å²) in [5.41, 5.74) is 7.29. The van der Waals surface area contributed by atoms with Crippen LogP contribution in [0.3, 0.4) is 0 Å². The summed E-state index contributed by atoms with van der Waals surface area (Å²) >= 11 is 3.46. The molecule has 6 heteroatoms. The first-order valence-corrected chi connectivity index (χ1v) is 6.66. The van der Waals surface area contributed by atoms with E-state index in [4.69, 9.17) is 15.2 Å². The van der Waals surface area contributed by atoms with Crippen molar-refractivity contribution in [3.05, 3.63) is 22.7 Å². The van der Waals surface area contributed by atoms with Crippen LogP contribution in [0.4, 0.5) is 5.82 Å². The largest absolute Gasteiger partial charge is 0.493 e. The van der Waals surface area contributed by atoms with Crippen LogP contribution in [0.25, 0.3) is 11.3 Å². The van der Waals surface area contributed by atoms with Crippen molar-refractivity contribution in [2.75, 3.05) is 12.8 Å². The Labute approximate surface area is 120 Å². The third-order valence-corrected chi connectivity index (χ3v) is 2.94. The van der Waals surface area contributed by atoms with Crippen molar-refractivity contribution in [1.82, 2.24) is 10.2 Å². The maximum absolute atomic E-state index is 5.85. The van der Waals surface area contributed by atoms with E-state index in [9.17, 15) is 0 Å². The molecule has 5 nitrogen and oxygen atoms in total. The fourth-order valence-corrected chi connectivity index (χ4v) is 2.19. The molecular weight excluding hydrogens is 310 g/mol. The van der Waals surface area contributed by atoms with Gasteiger partial charge in [-0.15, -0.1) is 0 Å². The molecule has 0 saturated heterocycles. The Kier molecular flexibility index (Phi) is 3.99. The average molecular weight is 326 g/mol. The van der Waals surface area contributed by atoms with Crippen molar-refractivity contribution < 1.29 is 9.47 Å². The van der Waals surface area contributed by atoms with Crippen molar-refractivity contribution in [2.45, 2.75) is 20.0 Å². The second-order valence-corrected chi connectivity index (χ2v) is 5.27. The third kappa shape index (κ3) is 3.01. The van der Waals surface area contributed by atoms with Gasteiger partial charge >= 0.3 is 0 Å². The minimum absolute atomic E-state index is 0.0362. The van der Waals surface area contributed by atoms with E-state index in [1.807, 2.05) is 26.0 Å². The Morgan fingerprint density at radius 3 is 2.58 bits per heavy atom. The van der Waals surface area contributed by atoms with Gasteiger partial charge < -0.3 is 15.2 Å². The van der Waals surface area contributed by atoms with E-state index in [2.05, 4.69) is 26.1 Å². The third-order valence-electron chi connectivity index (χ3n) is 2.48. The second kappa shape index (κ2) is 5.52. The molecular formula is C13H16BrN3O2. The number of hydrogen-bond donors (Lipinski definition) is 2. The second-order valence-electron chi connectivity index (χ2n) is 4.36. The van der Waals surface area contributed by atoms with Crippen LogP contribution in [0.1, 0.15) is 13.8 Å². The van der Waals surface area contributed by atoms with Crippen molar-refractivity contribution in [2.24, 2.45) is 0 Å². The number of anilines is 1. The normalized spacial score (nSPS) is 10.8. The van der Waals surface area contributed by atoms with E-state index >= 15 is 0 Å². The Bertz CT molecular complexity index is 581. The van der Waals surface area contributed by atoms with Crippen LogP contribution in [0.5, 0.6) is 11.5 Å². The zero-order chi connectivity index (χ0) is 14.0. The van der Waals surface area contributed by atoms with Gasteiger partial charge in [-0.25, -0.2) is 0 Å². The van der Waals surface area contributed by atoms with Crippen LogP contribution in [-0.2, 0) is 0 Å². The van der Waals surface area contributed by atoms with Crippen LogP contribution in [-0.4, -0.2) is 23.4 Å². The van der Waals surface area contributed by atoms with Gasteiger partial charge in [-0.2, -0.15) is 5.10 Å². The van der Waals surface area contributed by atoms with Crippen LogP contribution in [0.15, 0.2) is 22.7 Å². The van der Waals surface area contributed by atoms with E-state index < -0.39 is 0 Å². The predicted molar refractivity (Wildman–Crippen MR) is 78.5 cm³/mol. The molecule has 102 valence electrons. The molecule has 0 saturated carbocycles. The zero-order valence-electron chi connectivity index (χ0n) is 11.0.